The molecule has 0 saturated heterocycles. The van der Waals surface area contributed by atoms with E-state index in [1.807, 2.05) is 12.3 Å². The largest absolute Gasteiger partial charge is 0.342 e. The van der Waals surface area contributed by atoms with Crippen LogP contribution in [-0.2, 0) is 12.8 Å². The van der Waals surface area contributed by atoms with Crippen molar-refractivity contribution in [3.05, 3.63) is 103 Å². The SMILES string of the molecule is c1ccc(CCCc2ncc(-c3ccc(-c4ccccc4)cc3)[nH]2)cc1. The van der Waals surface area contributed by atoms with E-state index in [4.69, 9.17) is 0 Å². The van der Waals surface area contributed by atoms with E-state index in [-0.39, 0.29) is 0 Å². The van der Waals surface area contributed by atoms with Gasteiger partial charge in [0.2, 0.25) is 0 Å². The number of nitrogens with zero attached hydrogens (tertiary/aromatic N) is 1. The summed E-state index contributed by atoms with van der Waals surface area (Å²) in [5, 5.41) is 0. The van der Waals surface area contributed by atoms with Gasteiger partial charge in [-0.3, -0.25) is 0 Å². The summed E-state index contributed by atoms with van der Waals surface area (Å²) in [4.78, 5) is 8.01. The molecule has 0 saturated carbocycles. The van der Waals surface area contributed by atoms with Gasteiger partial charge in [-0.15, -0.1) is 0 Å². The number of imidazole rings is 1. The highest BCUT2D eigenvalue weighted by molar-refractivity contribution is 5.68. The van der Waals surface area contributed by atoms with E-state index in [0.29, 0.717) is 0 Å². The molecular weight excluding hydrogens is 316 g/mol. The number of H-pyrrole nitrogens is 1. The van der Waals surface area contributed by atoms with Crippen molar-refractivity contribution in [3.8, 4) is 22.4 Å². The van der Waals surface area contributed by atoms with Gasteiger partial charge in [0, 0.05) is 6.42 Å². The van der Waals surface area contributed by atoms with Gasteiger partial charge in [-0.05, 0) is 35.1 Å². The second kappa shape index (κ2) is 7.83. The van der Waals surface area contributed by atoms with Crippen LogP contribution in [0.1, 0.15) is 17.8 Å². The third kappa shape index (κ3) is 3.92. The third-order valence-electron chi connectivity index (χ3n) is 4.65. The van der Waals surface area contributed by atoms with Gasteiger partial charge in [-0.1, -0.05) is 84.9 Å². The first-order chi connectivity index (χ1) is 12.9. The van der Waals surface area contributed by atoms with Crippen molar-refractivity contribution in [1.29, 1.82) is 0 Å². The van der Waals surface area contributed by atoms with E-state index in [1.54, 1.807) is 0 Å². The molecule has 1 heterocycles. The summed E-state index contributed by atoms with van der Waals surface area (Å²) < 4.78 is 0. The topological polar surface area (TPSA) is 28.7 Å². The average molecular weight is 338 g/mol. The second-order valence-electron chi connectivity index (χ2n) is 6.53. The number of rotatable bonds is 6. The Bertz CT molecular complexity index is 938. The molecular formula is C24H22N2. The first-order valence-corrected chi connectivity index (χ1v) is 9.12. The van der Waals surface area contributed by atoms with Crippen LogP contribution in [0.2, 0.25) is 0 Å². The summed E-state index contributed by atoms with van der Waals surface area (Å²) >= 11 is 0. The summed E-state index contributed by atoms with van der Waals surface area (Å²) in [5.74, 6) is 1.06. The molecule has 0 aliphatic carbocycles. The minimum atomic E-state index is 0.969. The van der Waals surface area contributed by atoms with Crippen LogP contribution < -0.4 is 0 Å². The van der Waals surface area contributed by atoms with E-state index < -0.39 is 0 Å². The highest BCUT2D eigenvalue weighted by atomic mass is 14.9. The first-order valence-electron chi connectivity index (χ1n) is 9.12. The highest BCUT2D eigenvalue weighted by Gasteiger charge is 2.04. The van der Waals surface area contributed by atoms with Crippen LogP contribution in [0.4, 0.5) is 0 Å². The number of aromatic amines is 1. The van der Waals surface area contributed by atoms with E-state index >= 15 is 0 Å². The lowest BCUT2D eigenvalue weighted by Crippen LogP contribution is -1.92. The third-order valence-corrected chi connectivity index (χ3v) is 4.65. The number of aryl methyl sites for hydroxylation is 2. The molecule has 0 aliphatic rings. The van der Waals surface area contributed by atoms with Gasteiger partial charge < -0.3 is 4.98 Å². The summed E-state index contributed by atoms with van der Waals surface area (Å²) in [6.45, 7) is 0. The van der Waals surface area contributed by atoms with Crippen molar-refractivity contribution in [2.45, 2.75) is 19.3 Å². The van der Waals surface area contributed by atoms with Crippen molar-refractivity contribution in [2.75, 3.05) is 0 Å². The molecule has 1 aromatic heterocycles. The lowest BCUT2D eigenvalue weighted by Gasteiger charge is -2.03. The van der Waals surface area contributed by atoms with Crippen LogP contribution in [-0.4, -0.2) is 9.97 Å². The summed E-state index contributed by atoms with van der Waals surface area (Å²) in [5.41, 5.74) is 6.11. The molecule has 0 aliphatic heterocycles. The Labute approximate surface area is 154 Å². The van der Waals surface area contributed by atoms with Crippen molar-refractivity contribution >= 4 is 0 Å². The molecule has 2 nitrogen and oxygen atoms in total. The van der Waals surface area contributed by atoms with Gasteiger partial charge in [0.05, 0.1) is 11.9 Å². The summed E-state index contributed by atoms with van der Waals surface area (Å²) in [7, 11) is 0. The molecule has 26 heavy (non-hydrogen) atoms. The molecule has 0 fully saturated rings. The fourth-order valence-corrected chi connectivity index (χ4v) is 3.21. The number of aromatic nitrogens is 2. The fraction of sp³-hybridized carbons (Fsp3) is 0.125. The Morgan fingerprint density at radius 3 is 1.96 bits per heavy atom. The number of nitrogens with one attached hydrogen (secondary N) is 1. The number of hydrogen-bond acceptors (Lipinski definition) is 1. The highest BCUT2D eigenvalue weighted by Crippen LogP contribution is 2.24. The predicted octanol–water partition coefficient (Wildman–Crippen LogP) is 5.92. The van der Waals surface area contributed by atoms with Gasteiger partial charge in [-0.2, -0.15) is 0 Å². The molecule has 0 atom stereocenters. The smallest absolute Gasteiger partial charge is 0.106 e. The van der Waals surface area contributed by atoms with Crippen LogP contribution in [0.25, 0.3) is 22.4 Å². The Hall–Kier alpha value is -3.13. The Kier molecular flexibility index (Phi) is 4.92. The summed E-state index contributed by atoms with van der Waals surface area (Å²) in [6, 6.07) is 29.7. The zero-order valence-electron chi connectivity index (χ0n) is 14.7. The molecule has 4 aromatic rings. The van der Waals surface area contributed by atoms with E-state index in [9.17, 15) is 0 Å². The molecule has 4 rings (SSSR count). The van der Waals surface area contributed by atoms with Crippen LogP contribution >= 0.6 is 0 Å². The molecule has 0 amide bonds. The number of benzene rings is 3. The molecule has 0 radical (unpaired) electrons. The van der Waals surface area contributed by atoms with Gasteiger partial charge in [0.1, 0.15) is 5.82 Å². The standard InChI is InChI=1S/C24H22N2/c1-3-8-19(9-4-1)10-7-13-24-25-18-23(26-24)22-16-14-21(15-17-22)20-11-5-2-6-12-20/h1-6,8-9,11-12,14-18H,7,10,13H2,(H,25,26). The van der Waals surface area contributed by atoms with E-state index in [0.717, 1.165) is 30.8 Å². The quantitative estimate of drug-likeness (QED) is 0.464. The van der Waals surface area contributed by atoms with Crippen molar-refractivity contribution in [3.63, 3.8) is 0 Å². The molecule has 2 heteroatoms. The second-order valence-corrected chi connectivity index (χ2v) is 6.53. The number of hydrogen-bond donors (Lipinski definition) is 1. The zero-order valence-corrected chi connectivity index (χ0v) is 14.7. The Morgan fingerprint density at radius 1 is 0.615 bits per heavy atom. The van der Waals surface area contributed by atoms with Gasteiger partial charge in [0.15, 0.2) is 0 Å². The minimum absolute atomic E-state index is 0.969. The predicted molar refractivity (Wildman–Crippen MR) is 108 cm³/mol. The normalized spacial score (nSPS) is 10.8. The minimum Gasteiger partial charge on any atom is -0.342 e. The van der Waals surface area contributed by atoms with Crippen molar-refractivity contribution in [1.82, 2.24) is 9.97 Å². The maximum absolute atomic E-state index is 4.55. The average Bonchev–Trinajstić information content (AvgIpc) is 3.19. The fourth-order valence-electron chi connectivity index (χ4n) is 3.21. The Morgan fingerprint density at radius 2 is 1.23 bits per heavy atom. The molecule has 0 unspecified atom stereocenters. The van der Waals surface area contributed by atoms with Crippen molar-refractivity contribution in [2.24, 2.45) is 0 Å². The molecule has 128 valence electrons. The Balaban J connectivity index is 1.39. The monoisotopic (exact) mass is 338 g/mol. The molecule has 1 N–H and O–H groups in total. The maximum Gasteiger partial charge on any atom is 0.106 e. The van der Waals surface area contributed by atoms with Gasteiger partial charge in [0.25, 0.3) is 0 Å². The van der Waals surface area contributed by atoms with Gasteiger partial charge in [-0.25, -0.2) is 4.98 Å². The lowest BCUT2D eigenvalue weighted by molar-refractivity contribution is 0.783. The molecule has 0 bridgehead atoms. The van der Waals surface area contributed by atoms with Crippen LogP contribution in [0, 0.1) is 0 Å². The van der Waals surface area contributed by atoms with E-state index in [2.05, 4.69) is 88.8 Å². The zero-order chi connectivity index (χ0) is 17.6. The van der Waals surface area contributed by atoms with Crippen LogP contribution in [0.3, 0.4) is 0 Å². The molecule has 3 aromatic carbocycles. The lowest BCUT2D eigenvalue weighted by atomic mass is 10.0. The van der Waals surface area contributed by atoms with E-state index in [1.165, 1.54) is 22.3 Å². The van der Waals surface area contributed by atoms with Crippen molar-refractivity contribution < 1.29 is 0 Å². The molecule has 0 spiro atoms. The summed E-state index contributed by atoms with van der Waals surface area (Å²) in [6.07, 6.45) is 5.10. The van der Waals surface area contributed by atoms with Gasteiger partial charge >= 0.3 is 0 Å². The maximum atomic E-state index is 4.55. The first kappa shape index (κ1) is 16.3. The van der Waals surface area contributed by atoms with Crippen LogP contribution in [0.5, 0.6) is 0 Å². The van der Waals surface area contributed by atoms with Crippen LogP contribution in [0.15, 0.2) is 91.1 Å².